The molecule has 0 radical (unpaired) electrons. The summed E-state index contributed by atoms with van der Waals surface area (Å²) < 4.78 is 10.2. The summed E-state index contributed by atoms with van der Waals surface area (Å²) in [5.74, 6) is -2.04. The molecule has 0 unspecified atom stereocenters. The van der Waals surface area contributed by atoms with Gasteiger partial charge in [0.1, 0.15) is 5.69 Å². The number of nitro groups is 1. The van der Waals surface area contributed by atoms with Gasteiger partial charge >= 0.3 is 11.9 Å². The molecule has 0 aliphatic carbocycles. The summed E-state index contributed by atoms with van der Waals surface area (Å²) in [6.45, 7) is 7.52. The van der Waals surface area contributed by atoms with Gasteiger partial charge in [-0.25, -0.2) is 9.59 Å². The zero-order chi connectivity index (χ0) is 22.6. The number of ether oxygens (including phenoxy) is 2. The Balaban J connectivity index is 2.06. The third kappa shape index (κ3) is 5.02. The number of aromatic nitrogens is 1. The summed E-state index contributed by atoms with van der Waals surface area (Å²) in [6, 6.07) is 4.27. The van der Waals surface area contributed by atoms with Gasteiger partial charge in [0, 0.05) is 11.8 Å². The van der Waals surface area contributed by atoms with Crippen molar-refractivity contribution in [2.75, 3.05) is 11.9 Å². The Morgan fingerprint density at radius 1 is 1.13 bits per heavy atom. The highest BCUT2D eigenvalue weighted by molar-refractivity contribution is 6.00. The normalized spacial score (nSPS) is 10.6. The molecule has 30 heavy (non-hydrogen) atoms. The Kier molecular flexibility index (Phi) is 6.93. The summed E-state index contributed by atoms with van der Waals surface area (Å²) in [4.78, 5) is 49.9. The molecule has 1 aromatic heterocycles. The predicted molar refractivity (Wildman–Crippen MR) is 108 cm³/mol. The van der Waals surface area contributed by atoms with Crippen LogP contribution in [0.5, 0.6) is 0 Å². The maximum absolute atomic E-state index is 12.4. The number of aryl methyl sites for hydroxylation is 1. The van der Waals surface area contributed by atoms with Crippen LogP contribution < -0.4 is 5.32 Å². The van der Waals surface area contributed by atoms with Crippen LogP contribution >= 0.6 is 0 Å². The molecule has 0 saturated carbocycles. The molecular formula is C20H23N3O7. The molecule has 10 nitrogen and oxygen atoms in total. The Labute approximate surface area is 172 Å². The van der Waals surface area contributed by atoms with Crippen LogP contribution in [0.4, 0.5) is 11.4 Å². The first-order valence-electron chi connectivity index (χ1n) is 9.14. The van der Waals surface area contributed by atoms with E-state index in [9.17, 15) is 24.5 Å². The van der Waals surface area contributed by atoms with Crippen molar-refractivity contribution < 1.29 is 28.8 Å². The highest BCUT2D eigenvalue weighted by atomic mass is 16.6. The van der Waals surface area contributed by atoms with Gasteiger partial charge in [-0.1, -0.05) is 6.07 Å². The van der Waals surface area contributed by atoms with Crippen LogP contribution in [0.1, 0.15) is 51.5 Å². The lowest BCUT2D eigenvalue weighted by Gasteiger charge is -2.09. The highest BCUT2D eigenvalue weighted by Gasteiger charge is 2.25. The first-order chi connectivity index (χ1) is 14.0. The van der Waals surface area contributed by atoms with Gasteiger partial charge < -0.3 is 19.8 Å². The van der Waals surface area contributed by atoms with E-state index in [0.29, 0.717) is 11.3 Å². The van der Waals surface area contributed by atoms with E-state index in [0.717, 1.165) is 0 Å². The van der Waals surface area contributed by atoms with Crippen molar-refractivity contribution in [2.24, 2.45) is 0 Å². The lowest BCUT2D eigenvalue weighted by atomic mass is 10.1. The number of nitrogens with zero attached hydrogens (tertiary/aromatic N) is 1. The second-order valence-electron chi connectivity index (χ2n) is 6.91. The molecule has 0 aliphatic rings. The van der Waals surface area contributed by atoms with Crippen LogP contribution in [-0.2, 0) is 14.3 Å². The van der Waals surface area contributed by atoms with Crippen LogP contribution in [-0.4, -0.2) is 40.5 Å². The molecule has 1 aromatic carbocycles. The molecule has 2 aromatic rings. The third-order valence-electron chi connectivity index (χ3n) is 4.30. The summed E-state index contributed by atoms with van der Waals surface area (Å²) in [5, 5.41) is 13.5. The monoisotopic (exact) mass is 417 g/mol. The van der Waals surface area contributed by atoms with Gasteiger partial charge in [0.05, 0.1) is 27.8 Å². The molecule has 2 N–H and O–H groups in total. The Morgan fingerprint density at radius 2 is 1.80 bits per heavy atom. The van der Waals surface area contributed by atoms with E-state index in [4.69, 9.17) is 9.47 Å². The number of carbonyl (C=O) groups is 3. The van der Waals surface area contributed by atoms with Crippen molar-refractivity contribution in [3.8, 4) is 0 Å². The van der Waals surface area contributed by atoms with Gasteiger partial charge in [0.2, 0.25) is 0 Å². The standard InChI is InChI=1S/C20H23N3O7/c1-10(2)30-19(25)17-12(4)18(21-13(17)5)20(26)29-9-16(24)22-14-7-6-8-15(11(14)3)23(27)28/h6-8,10,21H,9H2,1-5H3,(H,22,24). The van der Waals surface area contributed by atoms with Crippen LogP contribution in [0.25, 0.3) is 0 Å². The zero-order valence-corrected chi connectivity index (χ0v) is 17.3. The fraction of sp³-hybridized carbons (Fsp3) is 0.350. The van der Waals surface area contributed by atoms with Gasteiger partial charge in [-0.3, -0.25) is 14.9 Å². The van der Waals surface area contributed by atoms with Crippen molar-refractivity contribution in [2.45, 2.75) is 40.7 Å². The number of nitrogens with one attached hydrogen (secondary N) is 2. The van der Waals surface area contributed by atoms with Gasteiger partial charge in [0.25, 0.3) is 11.6 Å². The minimum atomic E-state index is -0.815. The number of aromatic amines is 1. The zero-order valence-electron chi connectivity index (χ0n) is 17.3. The lowest BCUT2D eigenvalue weighted by Crippen LogP contribution is -2.22. The van der Waals surface area contributed by atoms with E-state index in [1.54, 1.807) is 27.7 Å². The van der Waals surface area contributed by atoms with E-state index < -0.39 is 29.4 Å². The summed E-state index contributed by atoms with van der Waals surface area (Å²) in [5.41, 5.74) is 1.49. The molecule has 160 valence electrons. The average molecular weight is 417 g/mol. The summed E-state index contributed by atoms with van der Waals surface area (Å²) in [6.07, 6.45) is -0.317. The lowest BCUT2D eigenvalue weighted by molar-refractivity contribution is -0.385. The van der Waals surface area contributed by atoms with Crippen LogP contribution in [0, 0.1) is 30.9 Å². The second kappa shape index (κ2) is 9.21. The first-order valence-corrected chi connectivity index (χ1v) is 9.14. The SMILES string of the molecule is Cc1[nH]c(C(=O)OCC(=O)Nc2cccc([N+](=O)[O-])c2C)c(C)c1C(=O)OC(C)C. The molecule has 0 aliphatic heterocycles. The average Bonchev–Trinajstić information content (AvgIpc) is 2.95. The van der Waals surface area contributed by atoms with Crippen LogP contribution in [0.3, 0.4) is 0 Å². The Morgan fingerprint density at radius 3 is 2.40 bits per heavy atom. The quantitative estimate of drug-likeness (QED) is 0.400. The molecule has 0 fully saturated rings. The Bertz CT molecular complexity index is 1010. The molecule has 2 rings (SSSR count). The molecule has 0 atom stereocenters. The van der Waals surface area contributed by atoms with E-state index in [2.05, 4.69) is 10.3 Å². The number of anilines is 1. The Hall–Kier alpha value is -3.69. The molecule has 0 saturated heterocycles. The number of hydrogen-bond acceptors (Lipinski definition) is 7. The van der Waals surface area contributed by atoms with Crippen LogP contribution in [0.2, 0.25) is 0 Å². The number of esters is 2. The van der Waals surface area contributed by atoms with Crippen molar-refractivity contribution in [3.63, 3.8) is 0 Å². The molecule has 0 bridgehead atoms. The van der Waals surface area contributed by atoms with E-state index in [-0.39, 0.29) is 34.3 Å². The number of amides is 1. The molecule has 0 spiro atoms. The summed E-state index contributed by atoms with van der Waals surface area (Å²) >= 11 is 0. The fourth-order valence-corrected chi connectivity index (χ4v) is 2.88. The molecular weight excluding hydrogens is 394 g/mol. The van der Waals surface area contributed by atoms with Crippen molar-refractivity contribution in [1.82, 2.24) is 4.98 Å². The van der Waals surface area contributed by atoms with Gasteiger partial charge in [-0.15, -0.1) is 0 Å². The second-order valence-corrected chi connectivity index (χ2v) is 6.91. The smallest absolute Gasteiger partial charge is 0.355 e. The van der Waals surface area contributed by atoms with E-state index in [1.165, 1.54) is 25.1 Å². The first kappa shape index (κ1) is 22.6. The molecule has 1 amide bonds. The van der Waals surface area contributed by atoms with E-state index >= 15 is 0 Å². The third-order valence-corrected chi connectivity index (χ3v) is 4.30. The maximum atomic E-state index is 12.4. The number of rotatable bonds is 7. The highest BCUT2D eigenvalue weighted by Crippen LogP contribution is 2.25. The van der Waals surface area contributed by atoms with Crippen molar-refractivity contribution >= 4 is 29.2 Å². The number of benzene rings is 1. The van der Waals surface area contributed by atoms with E-state index in [1.807, 2.05) is 0 Å². The number of hydrogen-bond donors (Lipinski definition) is 2. The van der Waals surface area contributed by atoms with Crippen LogP contribution in [0.15, 0.2) is 18.2 Å². The maximum Gasteiger partial charge on any atom is 0.355 e. The number of carbonyl (C=O) groups excluding carboxylic acids is 3. The minimum absolute atomic E-state index is 0.0440. The van der Waals surface area contributed by atoms with Gasteiger partial charge in [-0.05, 0) is 46.2 Å². The largest absolute Gasteiger partial charge is 0.459 e. The predicted octanol–water partition coefficient (Wildman–Crippen LogP) is 3.21. The molecule has 1 heterocycles. The number of H-pyrrole nitrogens is 1. The molecule has 10 heteroatoms. The number of nitro benzene ring substituents is 1. The topological polar surface area (TPSA) is 141 Å². The minimum Gasteiger partial charge on any atom is -0.459 e. The fourth-order valence-electron chi connectivity index (χ4n) is 2.88. The van der Waals surface area contributed by atoms with Crippen molar-refractivity contribution in [1.29, 1.82) is 0 Å². The van der Waals surface area contributed by atoms with Crippen molar-refractivity contribution in [3.05, 3.63) is 56.4 Å². The van der Waals surface area contributed by atoms with Gasteiger partial charge in [-0.2, -0.15) is 0 Å². The summed E-state index contributed by atoms with van der Waals surface area (Å²) in [7, 11) is 0. The van der Waals surface area contributed by atoms with Gasteiger partial charge in [0.15, 0.2) is 6.61 Å².